The number of aliphatic hydroxyl groups excluding tert-OH is 1. The van der Waals surface area contributed by atoms with Crippen LogP contribution in [0.15, 0.2) is 0 Å². The molecule has 4 heteroatoms. The third-order valence-electron chi connectivity index (χ3n) is 1.70. The fraction of sp³-hybridized carbons (Fsp3) is 0.889. The Balaban J connectivity index is 3.38. The van der Waals surface area contributed by atoms with Gasteiger partial charge in [0.05, 0.1) is 13.2 Å². The second kappa shape index (κ2) is 8.01. The van der Waals surface area contributed by atoms with Crippen LogP contribution in [-0.4, -0.2) is 36.8 Å². The molecule has 0 radical (unpaired) electrons. The van der Waals surface area contributed by atoms with Crippen LogP contribution in [-0.2, 0) is 4.79 Å². The average Bonchev–Trinajstić information content (AvgIpc) is 2.05. The summed E-state index contributed by atoms with van der Waals surface area (Å²) in [5.74, 6) is -0.00519. The maximum Gasteiger partial charge on any atom is 0.234 e. The molecule has 0 fully saturated rings. The normalized spacial score (nSPS) is 12.5. The zero-order chi connectivity index (χ0) is 10.1. The predicted octanol–water partition coefficient (Wildman–Crippen LogP) is -0.127. The van der Waals surface area contributed by atoms with Crippen molar-refractivity contribution >= 4 is 5.91 Å². The van der Waals surface area contributed by atoms with Crippen LogP contribution in [0, 0.1) is 0 Å². The molecule has 0 rings (SSSR count). The minimum atomic E-state index is -0.00519. The molecule has 0 saturated carbocycles. The van der Waals surface area contributed by atoms with Gasteiger partial charge in [0.1, 0.15) is 0 Å². The molecule has 13 heavy (non-hydrogen) atoms. The highest BCUT2D eigenvalue weighted by Crippen LogP contribution is 1.93. The SMILES string of the molecule is CCCC(C)NC(=O)CNCCO. The molecule has 0 spiro atoms. The Labute approximate surface area is 79.7 Å². The van der Waals surface area contributed by atoms with Crippen molar-refractivity contribution < 1.29 is 9.90 Å². The van der Waals surface area contributed by atoms with E-state index in [1.54, 1.807) is 0 Å². The molecule has 3 N–H and O–H groups in total. The van der Waals surface area contributed by atoms with Crippen LogP contribution < -0.4 is 10.6 Å². The van der Waals surface area contributed by atoms with E-state index in [1.165, 1.54) is 0 Å². The van der Waals surface area contributed by atoms with E-state index in [0.717, 1.165) is 12.8 Å². The maximum absolute atomic E-state index is 11.1. The summed E-state index contributed by atoms with van der Waals surface area (Å²) in [5.41, 5.74) is 0. The van der Waals surface area contributed by atoms with E-state index in [4.69, 9.17) is 5.11 Å². The minimum absolute atomic E-state index is 0.00519. The highest BCUT2D eigenvalue weighted by molar-refractivity contribution is 5.78. The summed E-state index contributed by atoms with van der Waals surface area (Å²) in [6.07, 6.45) is 2.08. The van der Waals surface area contributed by atoms with Crippen LogP contribution >= 0.6 is 0 Å². The summed E-state index contributed by atoms with van der Waals surface area (Å²) >= 11 is 0. The first-order valence-corrected chi connectivity index (χ1v) is 4.81. The van der Waals surface area contributed by atoms with Gasteiger partial charge in [-0.25, -0.2) is 0 Å². The summed E-state index contributed by atoms with van der Waals surface area (Å²) in [7, 11) is 0. The Kier molecular flexibility index (Phi) is 7.63. The lowest BCUT2D eigenvalue weighted by Crippen LogP contribution is -2.39. The lowest BCUT2D eigenvalue weighted by molar-refractivity contribution is -0.120. The van der Waals surface area contributed by atoms with Gasteiger partial charge in [-0.15, -0.1) is 0 Å². The molecule has 78 valence electrons. The number of amides is 1. The van der Waals surface area contributed by atoms with E-state index in [9.17, 15) is 4.79 Å². The molecule has 0 aliphatic carbocycles. The Bertz CT molecular complexity index is 140. The third kappa shape index (κ3) is 7.74. The van der Waals surface area contributed by atoms with Crippen molar-refractivity contribution in [3.8, 4) is 0 Å². The van der Waals surface area contributed by atoms with E-state index in [2.05, 4.69) is 17.6 Å². The molecule has 0 aromatic rings. The Morgan fingerprint density at radius 2 is 2.23 bits per heavy atom. The first-order chi connectivity index (χ1) is 6.20. The van der Waals surface area contributed by atoms with Crippen LogP contribution in [0.4, 0.5) is 0 Å². The van der Waals surface area contributed by atoms with E-state index >= 15 is 0 Å². The molecule has 0 aliphatic rings. The zero-order valence-corrected chi connectivity index (χ0v) is 8.47. The topological polar surface area (TPSA) is 61.4 Å². The van der Waals surface area contributed by atoms with Crippen molar-refractivity contribution in [1.82, 2.24) is 10.6 Å². The number of nitrogens with one attached hydrogen (secondary N) is 2. The number of hydrogen-bond donors (Lipinski definition) is 3. The number of rotatable bonds is 7. The van der Waals surface area contributed by atoms with Gasteiger partial charge in [0.2, 0.25) is 5.91 Å². The average molecular weight is 188 g/mol. The van der Waals surface area contributed by atoms with E-state index in [0.29, 0.717) is 6.54 Å². The van der Waals surface area contributed by atoms with Gasteiger partial charge >= 0.3 is 0 Å². The molecule has 0 bridgehead atoms. The predicted molar refractivity (Wildman–Crippen MR) is 52.5 cm³/mol. The quantitative estimate of drug-likeness (QED) is 0.488. The molecule has 4 nitrogen and oxygen atoms in total. The molecule has 1 amide bonds. The van der Waals surface area contributed by atoms with Crippen molar-refractivity contribution in [2.24, 2.45) is 0 Å². The van der Waals surface area contributed by atoms with Crippen LogP contribution in [0.5, 0.6) is 0 Å². The monoisotopic (exact) mass is 188 g/mol. The molecule has 1 unspecified atom stereocenters. The summed E-state index contributed by atoms with van der Waals surface area (Å²) in [6.45, 7) is 4.90. The first kappa shape index (κ1) is 12.4. The van der Waals surface area contributed by atoms with E-state index in [1.807, 2.05) is 6.92 Å². The van der Waals surface area contributed by atoms with Crippen molar-refractivity contribution in [3.63, 3.8) is 0 Å². The number of carbonyl (C=O) groups is 1. The van der Waals surface area contributed by atoms with Gasteiger partial charge in [0, 0.05) is 12.6 Å². The molecule has 0 heterocycles. The number of hydrogen-bond acceptors (Lipinski definition) is 3. The Hall–Kier alpha value is -0.610. The molecule has 0 saturated heterocycles. The van der Waals surface area contributed by atoms with Gasteiger partial charge in [0.15, 0.2) is 0 Å². The van der Waals surface area contributed by atoms with Crippen LogP contribution in [0.2, 0.25) is 0 Å². The Morgan fingerprint density at radius 3 is 2.77 bits per heavy atom. The molecule has 0 aliphatic heterocycles. The van der Waals surface area contributed by atoms with E-state index < -0.39 is 0 Å². The van der Waals surface area contributed by atoms with Crippen LogP contribution in [0.1, 0.15) is 26.7 Å². The highest BCUT2D eigenvalue weighted by Gasteiger charge is 2.04. The summed E-state index contributed by atoms with van der Waals surface area (Å²) in [6, 6.07) is 0.244. The third-order valence-corrected chi connectivity index (χ3v) is 1.70. The van der Waals surface area contributed by atoms with Crippen molar-refractivity contribution in [2.45, 2.75) is 32.7 Å². The van der Waals surface area contributed by atoms with Crippen molar-refractivity contribution in [2.75, 3.05) is 19.7 Å². The molecular weight excluding hydrogens is 168 g/mol. The van der Waals surface area contributed by atoms with Gasteiger partial charge < -0.3 is 15.7 Å². The standard InChI is InChI=1S/C9H20N2O2/c1-3-4-8(2)11-9(13)7-10-5-6-12/h8,10,12H,3-7H2,1-2H3,(H,11,13). The second-order valence-electron chi connectivity index (χ2n) is 3.16. The highest BCUT2D eigenvalue weighted by atomic mass is 16.3. The van der Waals surface area contributed by atoms with Gasteiger partial charge in [-0.05, 0) is 13.3 Å². The minimum Gasteiger partial charge on any atom is -0.395 e. The molecule has 0 aromatic carbocycles. The van der Waals surface area contributed by atoms with Crippen LogP contribution in [0.25, 0.3) is 0 Å². The fourth-order valence-electron chi connectivity index (χ4n) is 1.11. The fourth-order valence-corrected chi connectivity index (χ4v) is 1.11. The number of aliphatic hydroxyl groups is 1. The van der Waals surface area contributed by atoms with Gasteiger partial charge in [-0.2, -0.15) is 0 Å². The van der Waals surface area contributed by atoms with Gasteiger partial charge in [-0.1, -0.05) is 13.3 Å². The van der Waals surface area contributed by atoms with Crippen LogP contribution in [0.3, 0.4) is 0 Å². The first-order valence-electron chi connectivity index (χ1n) is 4.81. The maximum atomic E-state index is 11.1. The smallest absolute Gasteiger partial charge is 0.234 e. The molecule has 0 aromatic heterocycles. The summed E-state index contributed by atoms with van der Waals surface area (Å²) in [5, 5.41) is 14.1. The lowest BCUT2D eigenvalue weighted by Gasteiger charge is -2.12. The lowest BCUT2D eigenvalue weighted by atomic mass is 10.2. The molecular formula is C9H20N2O2. The van der Waals surface area contributed by atoms with Crippen molar-refractivity contribution in [3.05, 3.63) is 0 Å². The Morgan fingerprint density at radius 1 is 1.54 bits per heavy atom. The second-order valence-corrected chi connectivity index (χ2v) is 3.16. The van der Waals surface area contributed by atoms with Crippen molar-refractivity contribution in [1.29, 1.82) is 0 Å². The van der Waals surface area contributed by atoms with E-state index in [-0.39, 0.29) is 25.1 Å². The number of carbonyl (C=O) groups excluding carboxylic acids is 1. The summed E-state index contributed by atoms with van der Waals surface area (Å²) < 4.78 is 0. The zero-order valence-electron chi connectivity index (χ0n) is 8.47. The largest absolute Gasteiger partial charge is 0.395 e. The van der Waals surface area contributed by atoms with Gasteiger partial charge in [0.25, 0.3) is 0 Å². The van der Waals surface area contributed by atoms with Gasteiger partial charge in [-0.3, -0.25) is 4.79 Å². The summed E-state index contributed by atoms with van der Waals surface area (Å²) in [4.78, 5) is 11.1. The molecule has 1 atom stereocenters.